The van der Waals surface area contributed by atoms with E-state index in [0.29, 0.717) is 23.9 Å². The number of likely N-dealkylation sites (N-methyl/N-ethyl adjacent to an activating group) is 2. The summed E-state index contributed by atoms with van der Waals surface area (Å²) in [5, 5.41) is 9.38. The average molecular weight is 329 g/mol. The fraction of sp³-hybridized carbons (Fsp3) is 0.467. The van der Waals surface area contributed by atoms with E-state index >= 15 is 0 Å². The Bertz CT molecular complexity index is 507. The molecule has 0 aromatic heterocycles. The standard InChI is InChI=1S/C15H21ClN2O4/c1-11(18(3)10-14(19)20)15(21)17(2)8-9-22-13-6-4-12(16)5-7-13/h4-7,11H,8-10H2,1-3H3,(H,19,20). The molecule has 1 N–H and O–H groups in total. The third kappa shape index (κ3) is 5.91. The maximum Gasteiger partial charge on any atom is 0.317 e. The van der Waals surface area contributed by atoms with Crippen LogP contribution in [-0.2, 0) is 9.59 Å². The maximum atomic E-state index is 12.2. The lowest BCUT2D eigenvalue weighted by atomic mass is 10.2. The van der Waals surface area contributed by atoms with Gasteiger partial charge in [-0.1, -0.05) is 11.6 Å². The minimum atomic E-state index is -0.962. The van der Waals surface area contributed by atoms with Crippen molar-refractivity contribution >= 4 is 23.5 Å². The van der Waals surface area contributed by atoms with E-state index in [9.17, 15) is 9.59 Å². The minimum Gasteiger partial charge on any atom is -0.492 e. The molecule has 0 spiro atoms. The van der Waals surface area contributed by atoms with Gasteiger partial charge in [0, 0.05) is 12.1 Å². The van der Waals surface area contributed by atoms with Crippen LogP contribution in [0.1, 0.15) is 6.92 Å². The number of carboxylic acid groups (broad SMARTS) is 1. The largest absolute Gasteiger partial charge is 0.492 e. The van der Waals surface area contributed by atoms with E-state index in [2.05, 4.69) is 0 Å². The summed E-state index contributed by atoms with van der Waals surface area (Å²) in [4.78, 5) is 25.8. The van der Waals surface area contributed by atoms with Crippen LogP contribution < -0.4 is 4.74 Å². The fourth-order valence-electron chi connectivity index (χ4n) is 1.80. The van der Waals surface area contributed by atoms with E-state index < -0.39 is 12.0 Å². The highest BCUT2D eigenvalue weighted by atomic mass is 35.5. The predicted octanol–water partition coefficient (Wildman–Crippen LogP) is 1.58. The van der Waals surface area contributed by atoms with Crippen molar-refractivity contribution in [2.24, 2.45) is 0 Å². The zero-order valence-corrected chi connectivity index (χ0v) is 13.7. The van der Waals surface area contributed by atoms with Gasteiger partial charge in [0.05, 0.1) is 19.1 Å². The smallest absolute Gasteiger partial charge is 0.317 e. The molecule has 0 aliphatic carbocycles. The summed E-state index contributed by atoms with van der Waals surface area (Å²) in [6.45, 7) is 2.26. The molecule has 6 nitrogen and oxygen atoms in total. The molecule has 0 aliphatic heterocycles. The first-order valence-corrected chi connectivity index (χ1v) is 7.24. The molecule has 7 heteroatoms. The molecule has 0 saturated carbocycles. The Labute approximate surface area is 135 Å². The van der Waals surface area contributed by atoms with E-state index in [4.69, 9.17) is 21.4 Å². The Hall–Kier alpha value is -1.79. The Balaban J connectivity index is 2.40. The minimum absolute atomic E-state index is 0.150. The lowest BCUT2D eigenvalue weighted by molar-refractivity contribution is -0.141. The normalized spacial score (nSPS) is 12.0. The predicted molar refractivity (Wildman–Crippen MR) is 84.3 cm³/mol. The number of carboxylic acids is 1. The van der Waals surface area contributed by atoms with Crippen LogP contribution in [0.2, 0.25) is 5.02 Å². The molecule has 0 radical (unpaired) electrons. The van der Waals surface area contributed by atoms with Crippen molar-refractivity contribution in [3.05, 3.63) is 29.3 Å². The van der Waals surface area contributed by atoms with Gasteiger partial charge in [0.25, 0.3) is 0 Å². The third-order valence-electron chi connectivity index (χ3n) is 3.29. The third-order valence-corrected chi connectivity index (χ3v) is 3.54. The Morgan fingerprint density at radius 1 is 1.27 bits per heavy atom. The molecule has 0 aliphatic rings. The summed E-state index contributed by atoms with van der Waals surface area (Å²) in [5.41, 5.74) is 0. The number of amides is 1. The summed E-state index contributed by atoms with van der Waals surface area (Å²) < 4.78 is 5.53. The molecule has 1 atom stereocenters. The van der Waals surface area contributed by atoms with E-state index in [0.717, 1.165) is 0 Å². The number of halogens is 1. The summed E-state index contributed by atoms with van der Waals surface area (Å²) in [6, 6.07) is 6.47. The molecule has 1 unspecified atom stereocenters. The SMILES string of the molecule is CC(C(=O)N(C)CCOc1ccc(Cl)cc1)N(C)CC(=O)O. The molecule has 122 valence electrons. The van der Waals surface area contributed by atoms with Crippen molar-refractivity contribution in [3.8, 4) is 5.75 Å². The van der Waals surface area contributed by atoms with Crippen LogP contribution >= 0.6 is 11.6 Å². The molecule has 1 rings (SSSR count). The Kier molecular flexibility index (Phi) is 7.14. The van der Waals surface area contributed by atoms with Gasteiger partial charge in [-0.3, -0.25) is 14.5 Å². The van der Waals surface area contributed by atoms with Gasteiger partial charge in [-0.15, -0.1) is 0 Å². The van der Waals surface area contributed by atoms with Crippen LogP contribution in [0.3, 0.4) is 0 Å². The second kappa shape index (κ2) is 8.60. The van der Waals surface area contributed by atoms with Crippen LogP contribution in [0.5, 0.6) is 5.75 Å². The van der Waals surface area contributed by atoms with Gasteiger partial charge in [0.2, 0.25) is 5.91 Å². The molecule has 0 saturated heterocycles. The number of hydrogen-bond acceptors (Lipinski definition) is 4. The molecular formula is C15H21ClN2O4. The number of carbonyl (C=O) groups is 2. The van der Waals surface area contributed by atoms with E-state index in [-0.39, 0.29) is 12.5 Å². The summed E-state index contributed by atoms with van der Waals surface area (Å²) in [6.07, 6.45) is 0. The summed E-state index contributed by atoms with van der Waals surface area (Å²) in [7, 11) is 3.27. The highest BCUT2D eigenvalue weighted by Gasteiger charge is 2.22. The van der Waals surface area contributed by atoms with Gasteiger partial charge in [-0.2, -0.15) is 0 Å². The van der Waals surface area contributed by atoms with Crippen molar-refractivity contribution in [2.75, 3.05) is 33.8 Å². The van der Waals surface area contributed by atoms with Crippen LogP contribution in [0.4, 0.5) is 0 Å². The number of rotatable bonds is 8. The van der Waals surface area contributed by atoms with Gasteiger partial charge in [-0.05, 0) is 38.2 Å². The number of carbonyl (C=O) groups excluding carboxylic acids is 1. The molecule has 0 heterocycles. The number of benzene rings is 1. The first-order valence-electron chi connectivity index (χ1n) is 6.86. The van der Waals surface area contributed by atoms with Gasteiger partial charge < -0.3 is 14.7 Å². The van der Waals surface area contributed by atoms with E-state index in [1.165, 1.54) is 9.80 Å². The number of aliphatic carboxylic acids is 1. The monoisotopic (exact) mass is 328 g/mol. The highest BCUT2D eigenvalue weighted by Crippen LogP contribution is 2.15. The van der Waals surface area contributed by atoms with Crippen molar-refractivity contribution in [1.82, 2.24) is 9.80 Å². The molecule has 1 aromatic carbocycles. The number of nitrogens with zero attached hydrogens (tertiary/aromatic N) is 2. The Morgan fingerprint density at radius 3 is 2.41 bits per heavy atom. The number of ether oxygens (including phenoxy) is 1. The fourth-order valence-corrected chi connectivity index (χ4v) is 1.93. The molecule has 0 fully saturated rings. The van der Waals surface area contributed by atoms with Gasteiger partial charge in [0.15, 0.2) is 0 Å². The lowest BCUT2D eigenvalue weighted by Gasteiger charge is -2.27. The molecule has 22 heavy (non-hydrogen) atoms. The van der Waals surface area contributed by atoms with Crippen LogP contribution in [0, 0.1) is 0 Å². The maximum absolute atomic E-state index is 12.2. The summed E-state index contributed by atoms with van der Waals surface area (Å²) in [5.74, 6) is -0.430. The van der Waals surface area contributed by atoms with Crippen LogP contribution in [0.25, 0.3) is 0 Å². The first-order chi connectivity index (χ1) is 10.3. The van der Waals surface area contributed by atoms with Gasteiger partial charge >= 0.3 is 5.97 Å². The van der Waals surface area contributed by atoms with Crippen molar-refractivity contribution in [1.29, 1.82) is 0 Å². The van der Waals surface area contributed by atoms with Crippen molar-refractivity contribution < 1.29 is 19.4 Å². The van der Waals surface area contributed by atoms with E-state index in [1.54, 1.807) is 45.3 Å². The average Bonchev–Trinajstić information content (AvgIpc) is 2.46. The molecule has 1 aromatic rings. The molecular weight excluding hydrogens is 308 g/mol. The molecule has 0 bridgehead atoms. The molecule has 1 amide bonds. The second-order valence-corrected chi connectivity index (χ2v) is 5.48. The van der Waals surface area contributed by atoms with Crippen molar-refractivity contribution in [2.45, 2.75) is 13.0 Å². The van der Waals surface area contributed by atoms with Crippen LogP contribution in [0.15, 0.2) is 24.3 Å². The zero-order valence-electron chi connectivity index (χ0n) is 13.0. The number of hydrogen-bond donors (Lipinski definition) is 1. The second-order valence-electron chi connectivity index (χ2n) is 5.05. The lowest BCUT2D eigenvalue weighted by Crippen LogP contribution is -2.46. The van der Waals surface area contributed by atoms with Gasteiger partial charge in [-0.25, -0.2) is 0 Å². The van der Waals surface area contributed by atoms with Crippen LogP contribution in [-0.4, -0.2) is 66.6 Å². The zero-order chi connectivity index (χ0) is 16.7. The topological polar surface area (TPSA) is 70.1 Å². The van der Waals surface area contributed by atoms with E-state index in [1.807, 2.05) is 0 Å². The van der Waals surface area contributed by atoms with Crippen molar-refractivity contribution in [3.63, 3.8) is 0 Å². The summed E-state index contributed by atoms with van der Waals surface area (Å²) >= 11 is 5.78. The Morgan fingerprint density at radius 2 is 1.86 bits per heavy atom. The first kappa shape index (κ1) is 18.3. The van der Waals surface area contributed by atoms with Gasteiger partial charge in [0.1, 0.15) is 12.4 Å². The quantitative estimate of drug-likeness (QED) is 0.784. The highest BCUT2D eigenvalue weighted by molar-refractivity contribution is 6.30.